The van der Waals surface area contributed by atoms with Crippen LogP contribution in [0.4, 0.5) is 10.1 Å². The number of amides is 1. The van der Waals surface area contributed by atoms with Crippen molar-refractivity contribution in [1.82, 2.24) is 10.2 Å². The Hall–Kier alpha value is -2.93. The number of carbonyl (C=O) groups is 1. The largest absolute Gasteiger partial charge is 0.376 e. The van der Waals surface area contributed by atoms with Crippen molar-refractivity contribution >= 4 is 17.6 Å². The van der Waals surface area contributed by atoms with Crippen LogP contribution < -0.4 is 10.6 Å². The van der Waals surface area contributed by atoms with Crippen molar-refractivity contribution in [2.75, 3.05) is 38.1 Å². The van der Waals surface area contributed by atoms with Crippen molar-refractivity contribution < 1.29 is 13.9 Å². The minimum atomic E-state index is -0.387. The Morgan fingerprint density at radius 3 is 2.83 bits per heavy atom. The third-order valence-corrected chi connectivity index (χ3v) is 4.87. The molecule has 1 saturated heterocycles. The number of aliphatic imine (C=N–C) groups is 1. The molecule has 1 unspecified atom stereocenters. The first-order valence-corrected chi connectivity index (χ1v) is 10.3. The smallest absolute Gasteiger partial charge is 0.246 e. The molecule has 2 N–H and O–H groups in total. The van der Waals surface area contributed by atoms with Gasteiger partial charge in [-0.25, -0.2) is 9.38 Å². The van der Waals surface area contributed by atoms with Gasteiger partial charge in [0.2, 0.25) is 5.91 Å². The molecule has 2 aromatic carbocycles. The number of ether oxygens (including phenoxy) is 1. The van der Waals surface area contributed by atoms with Gasteiger partial charge >= 0.3 is 0 Å². The van der Waals surface area contributed by atoms with E-state index < -0.39 is 0 Å². The first-order valence-electron chi connectivity index (χ1n) is 10.3. The molecule has 1 atom stereocenters. The highest BCUT2D eigenvalue weighted by Gasteiger charge is 2.25. The summed E-state index contributed by atoms with van der Waals surface area (Å²) in [6.07, 6.45) is 1.02. The van der Waals surface area contributed by atoms with Crippen LogP contribution in [0, 0.1) is 11.7 Å². The average molecular weight is 413 g/mol. The van der Waals surface area contributed by atoms with Crippen LogP contribution in [0.3, 0.4) is 0 Å². The number of hydrogen-bond donors (Lipinski definition) is 2. The van der Waals surface area contributed by atoms with E-state index >= 15 is 0 Å². The number of halogens is 1. The standard InChI is InChI=1S/C23H29FN4O2/c1-2-25-23(26-14-22(29)27-21-10-6-9-20(24)13-21)28-12-11-19(15-28)17-30-16-18-7-4-3-5-8-18/h3-10,13,19H,2,11-12,14-17H2,1H3,(H,25,26)(H,27,29). The second-order valence-corrected chi connectivity index (χ2v) is 7.33. The van der Waals surface area contributed by atoms with Gasteiger partial charge in [0.05, 0.1) is 13.2 Å². The normalized spacial score (nSPS) is 16.5. The Morgan fingerprint density at radius 2 is 2.07 bits per heavy atom. The molecule has 0 spiro atoms. The lowest BCUT2D eigenvalue weighted by Crippen LogP contribution is -2.40. The molecule has 0 aromatic heterocycles. The van der Waals surface area contributed by atoms with Gasteiger partial charge in [0.1, 0.15) is 12.4 Å². The van der Waals surface area contributed by atoms with Crippen LogP contribution in [-0.2, 0) is 16.1 Å². The third-order valence-electron chi connectivity index (χ3n) is 4.87. The van der Waals surface area contributed by atoms with Gasteiger partial charge in [-0.2, -0.15) is 0 Å². The molecule has 0 radical (unpaired) electrons. The minimum Gasteiger partial charge on any atom is -0.376 e. The first kappa shape index (κ1) is 21.8. The maximum atomic E-state index is 13.3. The van der Waals surface area contributed by atoms with Gasteiger partial charge in [-0.05, 0) is 37.1 Å². The number of hydrogen-bond acceptors (Lipinski definition) is 3. The van der Waals surface area contributed by atoms with E-state index in [-0.39, 0.29) is 18.3 Å². The number of guanidine groups is 1. The highest BCUT2D eigenvalue weighted by atomic mass is 19.1. The quantitative estimate of drug-likeness (QED) is 0.516. The van der Waals surface area contributed by atoms with Gasteiger partial charge in [0, 0.05) is 31.2 Å². The summed E-state index contributed by atoms with van der Waals surface area (Å²) in [6.45, 7) is 5.72. The second-order valence-electron chi connectivity index (χ2n) is 7.33. The van der Waals surface area contributed by atoms with Crippen molar-refractivity contribution in [3.63, 3.8) is 0 Å². The van der Waals surface area contributed by atoms with E-state index in [4.69, 9.17) is 4.74 Å². The molecule has 2 aromatic rings. The maximum absolute atomic E-state index is 13.3. The number of benzene rings is 2. The Labute approximate surface area is 177 Å². The maximum Gasteiger partial charge on any atom is 0.246 e. The van der Waals surface area contributed by atoms with Crippen molar-refractivity contribution in [3.8, 4) is 0 Å². The lowest BCUT2D eigenvalue weighted by molar-refractivity contribution is -0.114. The van der Waals surface area contributed by atoms with Crippen LogP contribution in [-0.4, -0.2) is 49.6 Å². The van der Waals surface area contributed by atoms with E-state index in [1.807, 2.05) is 25.1 Å². The topological polar surface area (TPSA) is 66.0 Å². The number of likely N-dealkylation sites (tertiary alicyclic amines) is 1. The molecular formula is C23H29FN4O2. The van der Waals surface area contributed by atoms with Crippen LogP contribution >= 0.6 is 0 Å². The number of anilines is 1. The first-order chi connectivity index (χ1) is 14.6. The zero-order chi connectivity index (χ0) is 21.2. The molecule has 1 aliphatic heterocycles. The lowest BCUT2D eigenvalue weighted by atomic mass is 10.1. The molecule has 160 valence electrons. The van der Waals surface area contributed by atoms with Crippen LogP contribution in [0.25, 0.3) is 0 Å². The SMILES string of the molecule is CCNC(=NCC(=O)Nc1cccc(F)c1)N1CCC(COCc2ccccc2)C1. The fourth-order valence-corrected chi connectivity index (χ4v) is 3.42. The third kappa shape index (κ3) is 6.84. The van der Waals surface area contributed by atoms with Crippen molar-refractivity contribution in [3.05, 3.63) is 66.0 Å². The zero-order valence-corrected chi connectivity index (χ0v) is 17.3. The molecule has 1 amide bonds. The fraction of sp³-hybridized carbons (Fsp3) is 0.391. The Balaban J connectivity index is 1.47. The van der Waals surface area contributed by atoms with E-state index in [0.717, 1.165) is 32.0 Å². The Kier molecular flexibility index (Phi) is 8.20. The second kappa shape index (κ2) is 11.3. The lowest BCUT2D eigenvalue weighted by Gasteiger charge is -2.21. The van der Waals surface area contributed by atoms with Gasteiger partial charge in [0.15, 0.2) is 5.96 Å². The van der Waals surface area contributed by atoms with E-state index in [1.165, 1.54) is 17.7 Å². The summed E-state index contributed by atoms with van der Waals surface area (Å²) in [6, 6.07) is 16.0. The number of nitrogens with one attached hydrogen (secondary N) is 2. The minimum absolute atomic E-state index is 0.0233. The monoisotopic (exact) mass is 412 g/mol. The number of carbonyl (C=O) groups excluding carboxylic acids is 1. The summed E-state index contributed by atoms with van der Waals surface area (Å²) in [5.41, 5.74) is 1.60. The van der Waals surface area contributed by atoms with Gasteiger partial charge < -0.3 is 20.3 Å². The summed E-state index contributed by atoms with van der Waals surface area (Å²) in [5.74, 6) is 0.483. The highest BCUT2D eigenvalue weighted by Crippen LogP contribution is 2.17. The average Bonchev–Trinajstić information content (AvgIpc) is 3.21. The van der Waals surface area contributed by atoms with E-state index in [9.17, 15) is 9.18 Å². The molecule has 6 nitrogen and oxygen atoms in total. The molecular weight excluding hydrogens is 383 g/mol. The van der Waals surface area contributed by atoms with E-state index in [2.05, 4.69) is 32.7 Å². The van der Waals surface area contributed by atoms with Crippen molar-refractivity contribution in [2.24, 2.45) is 10.9 Å². The fourth-order valence-electron chi connectivity index (χ4n) is 3.42. The molecule has 0 bridgehead atoms. The number of nitrogens with zero attached hydrogens (tertiary/aromatic N) is 2. The molecule has 7 heteroatoms. The van der Waals surface area contributed by atoms with Crippen molar-refractivity contribution in [1.29, 1.82) is 0 Å². The van der Waals surface area contributed by atoms with E-state index in [0.29, 0.717) is 24.8 Å². The van der Waals surface area contributed by atoms with Gasteiger partial charge in [-0.15, -0.1) is 0 Å². The molecule has 1 aliphatic rings. The zero-order valence-electron chi connectivity index (χ0n) is 17.3. The van der Waals surface area contributed by atoms with Gasteiger partial charge in [-0.1, -0.05) is 36.4 Å². The van der Waals surface area contributed by atoms with Gasteiger partial charge in [-0.3, -0.25) is 4.79 Å². The molecule has 1 heterocycles. The Morgan fingerprint density at radius 1 is 1.23 bits per heavy atom. The van der Waals surface area contributed by atoms with Crippen LogP contribution in [0.1, 0.15) is 18.9 Å². The van der Waals surface area contributed by atoms with Gasteiger partial charge in [0.25, 0.3) is 0 Å². The number of rotatable bonds is 8. The van der Waals surface area contributed by atoms with Crippen LogP contribution in [0.2, 0.25) is 0 Å². The summed E-state index contributed by atoms with van der Waals surface area (Å²) in [5, 5.41) is 5.92. The summed E-state index contributed by atoms with van der Waals surface area (Å²) >= 11 is 0. The predicted molar refractivity (Wildman–Crippen MR) is 117 cm³/mol. The predicted octanol–water partition coefficient (Wildman–Crippen LogP) is 3.27. The summed E-state index contributed by atoms with van der Waals surface area (Å²) in [7, 11) is 0. The molecule has 1 fully saturated rings. The molecule has 3 rings (SSSR count). The van der Waals surface area contributed by atoms with E-state index in [1.54, 1.807) is 12.1 Å². The molecule has 30 heavy (non-hydrogen) atoms. The molecule has 0 saturated carbocycles. The summed E-state index contributed by atoms with van der Waals surface area (Å²) < 4.78 is 19.1. The van der Waals surface area contributed by atoms with Crippen molar-refractivity contribution in [2.45, 2.75) is 20.0 Å². The molecule has 0 aliphatic carbocycles. The van der Waals surface area contributed by atoms with Crippen LogP contribution in [0.15, 0.2) is 59.6 Å². The Bertz CT molecular complexity index is 844. The summed E-state index contributed by atoms with van der Waals surface area (Å²) in [4.78, 5) is 18.8. The van der Waals surface area contributed by atoms with Crippen LogP contribution in [0.5, 0.6) is 0 Å². The highest BCUT2D eigenvalue weighted by molar-refractivity contribution is 5.94.